The van der Waals surface area contributed by atoms with Gasteiger partial charge in [-0.15, -0.1) is 0 Å². The maximum absolute atomic E-state index is 13.0. The van der Waals surface area contributed by atoms with Gasteiger partial charge < -0.3 is 5.11 Å². The average Bonchev–Trinajstić information content (AvgIpc) is 3.35. The molecule has 120 valence electrons. The van der Waals surface area contributed by atoms with Crippen LogP contribution >= 0.6 is 0 Å². The quantitative estimate of drug-likeness (QED) is 0.936. The molecule has 2 aliphatic rings. The Hall–Kier alpha value is -2.05. The van der Waals surface area contributed by atoms with Crippen LogP contribution in [0, 0.1) is 0 Å². The number of hydrogen-bond acceptors (Lipinski definition) is 3. The molecular formula is C17H18N2O3S. The summed E-state index contributed by atoms with van der Waals surface area (Å²) in [6.07, 6.45) is 1.85. The van der Waals surface area contributed by atoms with Crippen LogP contribution in [0.15, 0.2) is 48.5 Å². The van der Waals surface area contributed by atoms with Gasteiger partial charge in [0.2, 0.25) is 0 Å². The molecule has 0 saturated heterocycles. The van der Waals surface area contributed by atoms with Crippen LogP contribution in [0.3, 0.4) is 0 Å². The van der Waals surface area contributed by atoms with E-state index >= 15 is 0 Å². The zero-order valence-electron chi connectivity index (χ0n) is 12.6. The summed E-state index contributed by atoms with van der Waals surface area (Å²) in [4.78, 5) is 0. The van der Waals surface area contributed by atoms with Crippen molar-refractivity contribution in [3.8, 4) is 0 Å². The van der Waals surface area contributed by atoms with Crippen molar-refractivity contribution in [3.63, 3.8) is 0 Å². The molecule has 0 radical (unpaired) electrons. The first-order chi connectivity index (χ1) is 11.1. The van der Waals surface area contributed by atoms with Crippen LogP contribution in [0.25, 0.3) is 0 Å². The van der Waals surface area contributed by atoms with Crippen LogP contribution < -0.4 is 8.61 Å². The molecule has 0 atom stereocenters. The molecule has 0 amide bonds. The first kappa shape index (κ1) is 14.5. The molecule has 6 heteroatoms. The fourth-order valence-corrected chi connectivity index (χ4v) is 4.91. The molecule has 1 heterocycles. The molecule has 1 saturated carbocycles. The van der Waals surface area contributed by atoms with E-state index in [2.05, 4.69) is 0 Å². The van der Waals surface area contributed by atoms with Gasteiger partial charge in [-0.25, -0.2) is 8.61 Å². The first-order valence-corrected chi connectivity index (χ1v) is 9.11. The van der Waals surface area contributed by atoms with E-state index in [4.69, 9.17) is 5.11 Å². The number of rotatable bonds is 4. The normalized spacial score (nSPS) is 19.0. The van der Waals surface area contributed by atoms with Crippen molar-refractivity contribution in [1.29, 1.82) is 0 Å². The zero-order valence-corrected chi connectivity index (χ0v) is 13.4. The second kappa shape index (κ2) is 5.25. The first-order valence-electron chi connectivity index (χ1n) is 7.71. The Labute approximate surface area is 136 Å². The molecule has 0 unspecified atom stereocenters. The van der Waals surface area contributed by atoms with E-state index in [1.165, 1.54) is 4.31 Å². The number of aliphatic hydroxyl groups is 1. The van der Waals surface area contributed by atoms with E-state index in [-0.39, 0.29) is 12.6 Å². The summed E-state index contributed by atoms with van der Waals surface area (Å²) in [5.74, 6) is 0. The SMILES string of the molecule is O=S1(=O)N(Cc2ccc(CO)cc2)c2ccccc2N1C1CC1. The van der Waals surface area contributed by atoms with Crippen LogP contribution in [0.2, 0.25) is 0 Å². The molecule has 1 aliphatic carbocycles. The van der Waals surface area contributed by atoms with Gasteiger partial charge in [-0.05, 0) is 36.1 Å². The third-order valence-electron chi connectivity index (χ3n) is 4.33. The van der Waals surface area contributed by atoms with Gasteiger partial charge in [-0.3, -0.25) is 0 Å². The smallest absolute Gasteiger partial charge is 0.327 e. The van der Waals surface area contributed by atoms with E-state index < -0.39 is 10.2 Å². The van der Waals surface area contributed by atoms with Crippen molar-refractivity contribution in [3.05, 3.63) is 59.7 Å². The van der Waals surface area contributed by atoms with Crippen LogP contribution in [0.1, 0.15) is 24.0 Å². The van der Waals surface area contributed by atoms with Gasteiger partial charge in [-0.1, -0.05) is 36.4 Å². The number of para-hydroxylation sites is 2. The van der Waals surface area contributed by atoms with Crippen molar-refractivity contribution in [2.24, 2.45) is 0 Å². The van der Waals surface area contributed by atoms with E-state index in [0.717, 1.165) is 35.3 Å². The highest BCUT2D eigenvalue weighted by molar-refractivity contribution is 7.94. The summed E-state index contributed by atoms with van der Waals surface area (Å²) in [5, 5.41) is 9.12. The number of nitrogens with zero attached hydrogens (tertiary/aromatic N) is 2. The van der Waals surface area contributed by atoms with Crippen LogP contribution in [-0.4, -0.2) is 19.6 Å². The zero-order chi connectivity index (χ0) is 16.0. The molecule has 0 bridgehead atoms. The molecular weight excluding hydrogens is 312 g/mol. The highest BCUT2D eigenvalue weighted by atomic mass is 32.2. The maximum Gasteiger partial charge on any atom is 0.327 e. The minimum Gasteiger partial charge on any atom is -0.392 e. The Morgan fingerprint density at radius 1 is 0.957 bits per heavy atom. The third kappa shape index (κ3) is 2.38. The summed E-state index contributed by atoms with van der Waals surface area (Å²) in [6.45, 7) is 0.287. The molecule has 0 aromatic heterocycles. The minimum atomic E-state index is -3.52. The lowest BCUT2D eigenvalue weighted by atomic mass is 10.1. The standard InChI is InChI=1S/C17H18N2O3S/c20-12-14-7-5-13(6-8-14)11-18-16-3-1-2-4-17(16)19(15-9-10-15)23(18,21)22/h1-8,15,20H,9-12H2. The predicted octanol–water partition coefficient (Wildman–Crippen LogP) is 2.41. The Morgan fingerprint density at radius 3 is 2.17 bits per heavy atom. The lowest BCUT2D eigenvalue weighted by molar-refractivity contribution is 0.282. The number of hydrogen-bond donors (Lipinski definition) is 1. The Balaban J connectivity index is 1.72. The second-order valence-corrected chi connectivity index (χ2v) is 7.73. The van der Waals surface area contributed by atoms with Crippen molar-refractivity contribution in [1.82, 2.24) is 0 Å². The van der Waals surface area contributed by atoms with E-state index in [1.807, 2.05) is 48.5 Å². The molecule has 1 fully saturated rings. The Kier molecular flexibility index (Phi) is 3.32. The molecule has 2 aromatic rings. The lowest BCUT2D eigenvalue weighted by Crippen LogP contribution is -2.38. The molecule has 23 heavy (non-hydrogen) atoms. The average molecular weight is 330 g/mol. The van der Waals surface area contributed by atoms with Gasteiger partial charge in [0.1, 0.15) is 0 Å². The van der Waals surface area contributed by atoms with Crippen molar-refractivity contribution < 1.29 is 13.5 Å². The van der Waals surface area contributed by atoms with Gasteiger partial charge in [0, 0.05) is 6.04 Å². The molecule has 4 rings (SSSR count). The Bertz CT molecular complexity index is 829. The maximum atomic E-state index is 13.0. The van der Waals surface area contributed by atoms with Gasteiger partial charge in [0.25, 0.3) is 0 Å². The molecule has 1 N–H and O–H groups in total. The van der Waals surface area contributed by atoms with Gasteiger partial charge in [0.05, 0.1) is 24.5 Å². The van der Waals surface area contributed by atoms with E-state index in [1.54, 1.807) is 4.31 Å². The number of anilines is 2. The molecule has 5 nitrogen and oxygen atoms in total. The fourth-order valence-electron chi connectivity index (χ4n) is 2.99. The highest BCUT2D eigenvalue weighted by Crippen LogP contribution is 2.47. The molecule has 1 aliphatic heterocycles. The van der Waals surface area contributed by atoms with E-state index in [9.17, 15) is 8.42 Å². The van der Waals surface area contributed by atoms with Crippen molar-refractivity contribution in [2.45, 2.75) is 32.0 Å². The van der Waals surface area contributed by atoms with Crippen LogP contribution in [0.4, 0.5) is 11.4 Å². The van der Waals surface area contributed by atoms with Crippen LogP contribution in [-0.2, 0) is 23.4 Å². The third-order valence-corrected chi connectivity index (χ3v) is 6.20. The predicted molar refractivity (Wildman–Crippen MR) is 89.4 cm³/mol. The van der Waals surface area contributed by atoms with Crippen LogP contribution in [0.5, 0.6) is 0 Å². The number of benzene rings is 2. The second-order valence-electron chi connectivity index (χ2n) is 6.00. The largest absolute Gasteiger partial charge is 0.392 e. The summed E-state index contributed by atoms with van der Waals surface area (Å²) >= 11 is 0. The van der Waals surface area contributed by atoms with Gasteiger partial charge in [-0.2, -0.15) is 8.42 Å². The summed E-state index contributed by atoms with van der Waals surface area (Å²) in [6, 6.07) is 15.0. The van der Waals surface area contributed by atoms with Crippen molar-refractivity contribution in [2.75, 3.05) is 8.61 Å². The summed E-state index contributed by atoms with van der Waals surface area (Å²) in [7, 11) is -3.52. The number of aliphatic hydroxyl groups excluding tert-OH is 1. The van der Waals surface area contributed by atoms with Gasteiger partial charge in [0.15, 0.2) is 0 Å². The summed E-state index contributed by atoms with van der Waals surface area (Å²) in [5.41, 5.74) is 3.24. The lowest BCUT2D eigenvalue weighted by Gasteiger charge is -2.21. The monoisotopic (exact) mass is 330 g/mol. The molecule has 0 spiro atoms. The minimum absolute atomic E-state index is 0.0133. The topological polar surface area (TPSA) is 60.9 Å². The number of fused-ring (bicyclic) bond motifs is 1. The Morgan fingerprint density at radius 2 is 1.57 bits per heavy atom. The molecule has 2 aromatic carbocycles. The van der Waals surface area contributed by atoms with Crippen molar-refractivity contribution >= 4 is 21.6 Å². The highest BCUT2D eigenvalue weighted by Gasteiger charge is 2.47. The fraction of sp³-hybridized carbons (Fsp3) is 0.294. The van der Waals surface area contributed by atoms with E-state index in [0.29, 0.717) is 6.54 Å². The van der Waals surface area contributed by atoms with Gasteiger partial charge >= 0.3 is 10.2 Å². The summed E-state index contributed by atoms with van der Waals surface area (Å²) < 4.78 is 29.0.